The summed E-state index contributed by atoms with van der Waals surface area (Å²) in [6.45, 7) is 7.81. The third-order valence-corrected chi connectivity index (χ3v) is 3.35. The first-order valence-electron chi connectivity index (χ1n) is 8.53. The number of urea groups is 1. The lowest BCUT2D eigenvalue weighted by atomic mass is 10.2. The summed E-state index contributed by atoms with van der Waals surface area (Å²) in [7, 11) is 0. The number of carbonyl (C=O) groups is 1. The van der Waals surface area contributed by atoms with Crippen molar-refractivity contribution in [1.29, 1.82) is 0 Å². The summed E-state index contributed by atoms with van der Waals surface area (Å²) in [5.41, 5.74) is 3.85. The van der Waals surface area contributed by atoms with Crippen LogP contribution in [-0.2, 0) is 0 Å². The molecule has 3 rings (SSSR count). The standard InChI is InChI=1S/C18H18N4O2.C2H6.4H2/c1-12-3-5-14(6-4-12)19-15-7-9-16(10-8-15)20-18(23)21-17-11-13(2)24-22-17;1-2;;;;/h3-11,19H,1-2H3,(H2,20,21,22,23);1-2H3;4*1H. The summed E-state index contributed by atoms with van der Waals surface area (Å²) in [6, 6.07) is 16.9. The lowest BCUT2D eigenvalue weighted by Gasteiger charge is -2.09. The van der Waals surface area contributed by atoms with E-state index < -0.39 is 0 Å². The summed E-state index contributed by atoms with van der Waals surface area (Å²) >= 11 is 0. The normalized spacial score (nSPS) is 9.69. The van der Waals surface area contributed by atoms with Gasteiger partial charge in [0.2, 0.25) is 0 Å². The molecule has 2 aromatic carbocycles. The SMILES string of the molecule is CC.Cc1ccc(Nc2ccc(NC(=O)Nc3cc(C)on3)cc2)cc1.[HH].[HH].[HH].[HH]. The van der Waals surface area contributed by atoms with Crippen molar-refractivity contribution < 1.29 is 15.0 Å². The van der Waals surface area contributed by atoms with Crippen molar-refractivity contribution in [2.75, 3.05) is 16.0 Å². The number of aromatic nitrogens is 1. The zero-order valence-corrected chi connectivity index (χ0v) is 15.5. The first-order chi connectivity index (χ1) is 12.6. The largest absolute Gasteiger partial charge is 0.360 e. The van der Waals surface area contributed by atoms with Crippen molar-refractivity contribution in [2.45, 2.75) is 27.7 Å². The summed E-state index contributed by atoms with van der Waals surface area (Å²) in [5, 5.41) is 12.4. The highest BCUT2D eigenvalue weighted by Crippen LogP contribution is 2.19. The molecule has 6 heteroatoms. The highest BCUT2D eigenvalue weighted by molar-refractivity contribution is 5.99. The summed E-state index contributed by atoms with van der Waals surface area (Å²) in [4.78, 5) is 11.9. The topological polar surface area (TPSA) is 79.2 Å². The Bertz CT molecular complexity index is 841. The van der Waals surface area contributed by atoms with E-state index in [-0.39, 0.29) is 11.7 Å². The molecular weight excluding hydrogens is 328 g/mol. The first-order valence-corrected chi connectivity index (χ1v) is 8.53. The Kier molecular flexibility index (Phi) is 6.79. The number of anilines is 4. The Labute approximate surface area is 159 Å². The Morgan fingerprint density at radius 1 is 0.885 bits per heavy atom. The van der Waals surface area contributed by atoms with Gasteiger partial charge >= 0.3 is 6.03 Å². The van der Waals surface area contributed by atoms with Gasteiger partial charge in [0, 0.05) is 28.8 Å². The maximum atomic E-state index is 11.9. The third-order valence-electron chi connectivity index (χ3n) is 3.35. The van der Waals surface area contributed by atoms with Gasteiger partial charge in [0.25, 0.3) is 0 Å². The minimum atomic E-state index is -0.373. The van der Waals surface area contributed by atoms with Crippen LogP contribution in [0.15, 0.2) is 59.1 Å². The number of carbonyl (C=O) groups excluding carboxylic acids is 1. The van der Waals surface area contributed by atoms with Crippen LogP contribution in [0.4, 0.5) is 27.7 Å². The Balaban J connectivity index is -0.00000118. The zero-order valence-electron chi connectivity index (χ0n) is 15.5. The van der Waals surface area contributed by atoms with E-state index in [1.165, 1.54) is 5.56 Å². The summed E-state index contributed by atoms with van der Waals surface area (Å²) in [6.07, 6.45) is 0. The first kappa shape index (κ1) is 19.1. The molecule has 0 bridgehead atoms. The molecule has 0 saturated heterocycles. The number of rotatable bonds is 4. The van der Waals surface area contributed by atoms with Crippen LogP contribution >= 0.6 is 0 Å². The van der Waals surface area contributed by atoms with E-state index in [0.29, 0.717) is 17.3 Å². The number of nitrogens with zero attached hydrogens (tertiary/aromatic N) is 1. The van der Waals surface area contributed by atoms with Crippen LogP contribution in [0, 0.1) is 13.8 Å². The molecule has 0 atom stereocenters. The van der Waals surface area contributed by atoms with Crippen molar-refractivity contribution in [2.24, 2.45) is 0 Å². The van der Waals surface area contributed by atoms with Crippen LogP contribution < -0.4 is 16.0 Å². The van der Waals surface area contributed by atoms with Crippen molar-refractivity contribution >= 4 is 28.9 Å². The van der Waals surface area contributed by atoms with Gasteiger partial charge in [-0.1, -0.05) is 36.7 Å². The van der Waals surface area contributed by atoms with E-state index in [4.69, 9.17) is 4.52 Å². The van der Waals surface area contributed by atoms with Gasteiger partial charge in [-0.25, -0.2) is 4.79 Å². The molecule has 0 aliphatic carbocycles. The molecule has 0 aliphatic rings. The fourth-order valence-electron chi connectivity index (χ4n) is 2.14. The lowest BCUT2D eigenvalue weighted by Crippen LogP contribution is -2.19. The van der Waals surface area contributed by atoms with Gasteiger partial charge < -0.3 is 15.2 Å². The average molecular weight is 361 g/mol. The van der Waals surface area contributed by atoms with Crippen molar-refractivity contribution in [3.8, 4) is 0 Å². The Morgan fingerprint density at radius 2 is 1.42 bits per heavy atom. The van der Waals surface area contributed by atoms with Gasteiger partial charge in [0.05, 0.1) is 0 Å². The van der Waals surface area contributed by atoms with Gasteiger partial charge in [-0.15, -0.1) is 0 Å². The number of aryl methyl sites for hydroxylation is 2. The van der Waals surface area contributed by atoms with Crippen LogP contribution in [0.25, 0.3) is 0 Å². The molecule has 1 aromatic heterocycles. The van der Waals surface area contributed by atoms with Gasteiger partial charge in [-0.05, 0) is 50.2 Å². The van der Waals surface area contributed by atoms with Crippen LogP contribution in [0.3, 0.4) is 0 Å². The maximum absolute atomic E-state index is 11.9. The van der Waals surface area contributed by atoms with E-state index >= 15 is 0 Å². The predicted octanol–water partition coefficient (Wildman–Crippen LogP) is 6.69. The van der Waals surface area contributed by atoms with E-state index in [0.717, 1.165) is 11.4 Å². The third kappa shape index (κ3) is 5.66. The van der Waals surface area contributed by atoms with Crippen molar-refractivity contribution in [3.05, 3.63) is 65.9 Å². The van der Waals surface area contributed by atoms with E-state index in [1.54, 1.807) is 13.0 Å². The highest BCUT2D eigenvalue weighted by Gasteiger charge is 2.06. The molecule has 0 spiro atoms. The number of benzene rings is 2. The second-order valence-corrected chi connectivity index (χ2v) is 5.47. The van der Waals surface area contributed by atoms with Gasteiger partial charge in [-0.2, -0.15) is 0 Å². The number of hydrogen-bond donors (Lipinski definition) is 3. The predicted molar refractivity (Wildman–Crippen MR) is 115 cm³/mol. The smallest absolute Gasteiger partial charge is 0.324 e. The second kappa shape index (κ2) is 9.27. The van der Waals surface area contributed by atoms with E-state index in [1.807, 2.05) is 62.4 Å². The second-order valence-electron chi connectivity index (χ2n) is 5.47. The van der Waals surface area contributed by atoms with Gasteiger partial charge in [0.15, 0.2) is 5.82 Å². The van der Waals surface area contributed by atoms with Crippen LogP contribution in [0.2, 0.25) is 0 Å². The molecule has 2 amide bonds. The maximum Gasteiger partial charge on any atom is 0.324 e. The quantitative estimate of drug-likeness (QED) is 0.484. The molecule has 0 fully saturated rings. The minimum absolute atomic E-state index is 0. The molecule has 3 N–H and O–H groups in total. The molecule has 0 unspecified atom stereocenters. The molecule has 26 heavy (non-hydrogen) atoms. The Morgan fingerprint density at radius 3 is 1.96 bits per heavy atom. The minimum Gasteiger partial charge on any atom is -0.360 e. The van der Waals surface area contributed by atoms with Crippen LogP contribution in [0.1, 0.15) is 30.9 Å². The zero-order chi connectivity index (χ0) is 18.9. The van der Waals surface area contributed by atoms with E-state index in [2.05, 4.69) is 28.0 Å². The van der Waals surface area contributed by atoms with Crippen LogP contribution in [0.5, 0.6) is 0 Å². The molecule has 0 saturated carbocycles. The average Bonchev–Trinajstić information content (AvgIpc) is 3.05. The van der Waals surface area contributed by atoms with Crippen molar-refractivity contribution in [1.82, 2.24) is 5.16 Å². The molecular formula is C20H32N4O2. The number of hydrogen-bond acceptors (Lipinski definition) is 4. The summed E-state index contributed by atoms with van der Waals surface area (Å²) in [5.74, 6) is 1.01. The Hall–Kier alpha value is -3.28. The molecule has 0 aliphatic heterocycles. The van der Waals surface area contributed by atoms with Gasteiger partial charge in [-0.3, -0.25) is 5.32 Å². The number of amides is 2. The van der Waals surface area contributed by atoms with Gasteiger partial charge in [0.1, 0.15) is 5.76 Å². The molecule has 6 nitrogen and oxygen atoms in total. The highest BCUT2D eigenvalue weighted by atomic mass is 16.5. The van der Waals surface area contributed by atoms with Crippen molar-refractivity contribution in [3.63, 3.8) is 0 Å². The van der Waals surface area contributed by atoms with E-state index in [9.17, 15) is 4.79 Å². The summed E-state index contributed by atoms with van der Waals surface area (Å²) < 4.78 is 4.89. The molecule has 1 heterocycles. The molecule has 0 radical (unpaired) electrons. The van der Waals surface area contributed by atoms with Crippen LogP contribution in [-0.4, -0.2) is 11.2 Å². The lowest BCUT2D eigenvalue weighted by molar-refractivity contribution is 0.262. The fraction of sp³-hybridized carbons (Fsp3) is 0.200. The fourth-order valence-corrected chi connectivity index (χ4v) is 2.14. The number of nitrogens with one attached hydrogen (secondary N) is 3. The molecule has 144 valence electrons. The monoisotopic (exact) mass is 360 g/mol. The molecule has 3 aromatic rings.